The van der Waals surface area contributed by atoms with Crippen LogP contribution in [0.3, 0.4) is 0 Å². The Morgan fingerprint density at radius 3 is 1.48 bits per heavy atom. The molecule has 0 spiro atoms. The first-order valence-electron chi connectivity index (χ1n) is 6.69. The molecule has 0 bridgehead atoms. The van der Waals surface area contributed by atoms with Gasteiger partial charge in [0.2, 0.25) is 0 Å². The van der Waals surface area contributed by atoms with E-state index in [1.54, 1.807) is 12.1 Å². The molecule has 3 aromatic rings. The first-order chi connectivity index (χ1) is 11.1. The van der Waals surface area contributed by atoms with Gasteiger partial charge in [0.15, 0.2) is 0 Å². The van der Waals surface area contributed by atoms with Crippen molar-refractivity contribution in [2.45, 2.75) is 0 Å². The molecule has 2 aromatic carbocycles. The van der Waals surface area contributed by atoms with E-state index in [2.05, 4.69) is 4.98 Å². The summed E-state index contributed by atoms with van der Waals surface area (Å²) in [7, 11) is 0. The van der Waals surface area contributed by atoms with Crippen LogP contribution in [0.5, 0.6) is 0 Å². The van der Waals surface area contributed by atoms with E-state index in [9.17, 15) is 17.6 Å². The molecule has 1 aromatic heterocycles. The lowest BCUT2D eigenvalue weighted by molar-refractivity contribution is 0.570. The Labute approximate surface area is 129 Å². The first-order valence-corrected chi connectivity index (χ1v) is 6.69. The third-order valence-electron chi connectivity index (χ3n) is 3.20. The minimum absolute atomic E-state index is 0.0134. The summed E-state index contributed by atoms with van der Waals surface area (Å²) in [4.78, 5) is 4.74. The van der Waals surface area contributed by atoms with Gasteiger partial charge in [-0.3, -0.25) is 4.90 Å². The topological polar surface area (TPSA) is 16.1 Å². The number of aromatic nitrogens is 1. The van der Waals surface area contributed by atoms with Gasteiger partial charge in [0.1, 0.15) is 40.5 Å². The molecule has 23 heavy (non-hydrogen) atoms. The molecule has 0 saturated carbocycles. The Morgan fingerprint density at radius 1 is 0.609 bits per heavy atom. The van der Waals surface area contributed by atoms with Gasteiger partial charge in [0.25, 0.3) is 0 Å². The smallest absolute Gasteiger partial charge is 0.150 e. The summed E-state index contributed by atoms with van der Waals surface area (Å²) >= 11 is 0. The molecule has 0 amide bonds. The Kier molecular flexibility index (Phi) is 3.97. The van der Waals surface area contributed by atoms with E-state index in [0.29, 0.717) is 0 Å². The number of anilines is 3. The number of pyridine rings is 1. The van der Waals surface area contributed by atoms with Gasteiger partial charge in [-0.2, -0.15) is 0 Å². The summed E-state index contributed by atoms with van der Waals surface area (Å²) in [5, 5.41) is 0. The lowest BCUT2D eigenvalue weighted by atomic mass is 10.2. The van der Waals surface area contributed by atoms with Crippen LogP contribution >= 0.6 is 0 Å². The van der Waals surface area contributed by atoms with Gasteiger partial charge in [-0.1, -0.05) is 18.2 Å². The van der Waals surface area contributed by atoms with Crippen LogP contribution in [0.2, 0.25) is 0 Å². The quantitative estimate of drug-likeness (QED) is 0.624. The zero-order valence-electron chi connectivity index (χ0n) is 11.7. The van der Waals surface area contributed by atoms with Crippen molar-refractivity contribution in [2.75, 3.05) is 4.90 Å². The normalized spacial score (nSPS) is 10.6. The number of para-hydroxylation sites is 2. The molecule has 3 rings (SSSR count). The summed E-state index contributed by atoms with van der Waals surface area (Å²) < 4.78 is 56.7. The van der Waals surface area contributed by atoms with Gasteiger partial charge >= 0.3 is 0 Å². The van der Waals surface area contributed by atoms with E-state index in [-0.39, 0.29) is 5.82 Å². The highest BCUT2D eigenvalue weighted by molar-refractivity contribution is 5.75. The fraction of sp³-hybridized carbons (Fsp3) is 0. The molecule has 0 aliphatic heterocycles. The van der Waals surface area contributed by atoms with Crippen molar-refractivity contribution in [2.24, 2.45) is 0 Å². The van der Waals surface area contributed by atoms with Crippen LogP contribution in [0.15, 0.2) is 60.8 Å². The van der Waals surface area contributed by atoms with Crippen LogP contribution in [-0.4, -0.2) is 4.98 Å². The first kappa shape index (κ1) is 15.0. The maximum atomic E-state index is 14.2. The minimum Gasteiger partial charge on any atom is -0.284 e. The molecule has 116 valence electrons. The summed E-state index contributed by atoms with van der Waals surface area (Å²) in [6, 6.07) is 10.9. The molecule has 6 heteroatoms. The van der Waals surface area contributed by atoms with E-state index in [1.807, 2.05) is 0 Å². The summed E-state index contributed by atoms with van der Waals surface area (Å²) in [5.74, 6) is -3.85. The molecule has 2 nitrogen and oxygen atoms in total. The summed E-state index contributed by atoms with van der Waals surface area (Å²) in [6.07, 6.45) is 1.36. The van der Waals surface area contributed by atoms with Crippen LogP contribution in [0, 0.1) is 23.3 Å². The van der Waals surface area contributed by atoms with Crippen LogP contribution in [-0.2, 0) is 0 Å². The van der Waals surface area contributed by atoms with Gasteiger partial charge in [-0.05, 0) is 36.4 Å². The zero-order chi connectivity index (χ0) is 16.4. The molecule has 0 aliphatic carbocycles. The highest BCUT2D eigenvalue weighted by atomic mass is 19.1. The molecular weight excluding hydrogens is 308 g/mol. The molecule has 0 atom stereocenters. The molecule has 1 heterocycles. The fourth-order valence-corrected chi connectivity index (χ4v) is 2.23. The SMILES string of the molecule is Fc1cccc(F)c1N(c1ccccn1)c1c(F)cccc1F. The third-order valence-corrected chi connectivity index (χ3v) is 3.20. The van der Waals surface area contributed by atoms with Gasteiger partial charge in [-0.15, -0.1) is 0 Å². The predicted molar refractivity (Wildman–Crippen MR) is 78.8 cm³/mol. The van der Waals surface area contributed by atoms with Crippen LogP contribution < -0.4 is 4.90 Å². The van der Waals surface area contributed by atoms with Crippen molar-refractivity contribution in [1.29, 1.82) is 0 Å². The highest BCUT2D eigenvalue weighted by Gasteiger charge is 2.26. The monoisotopic (exact) mass is 318 g/mol. The van der Waals surface area contributed by atoms with E-state index >= 15 is 0 Å². The van der Waals surface area contributed by atoms with Crippen molar-refractivity contribution in [3.05, 3.63) is 84.1 Å². The van der Waals surface area contributed by atoms with Crippen molar-refractivity contribution in [3.8, 4) is 0 Å². The van der Waals surface area contributed by atoms with Crippen LogP contribution in [0.25, 0.3) is 0 Å². The molecule has 0 fully saturated rings. The van der Waals surface area contributed by atoms with Gasteiger partial charge in [-0.25, -0.2) is 22.5 Å². The number of benzene rings is 2. The Hall–Kier alpha value is -2.89. The van der Waals surface area contributed by atoms with E-state index < -0.39 is 34.6 Å². The maximum absolute atomic E-state index is 14.2. The zero-order valence-corrected chi connectivity index (χ0v) is 11.7. The number of hydrogen-bond donors (Lipinski definition) is 0. The average molecular weight is 318 g/mol. The number of halogens is 4. The van der Waals surface area contributed by atoms with Crippen LogP contribution in [0.4, 0.5) is 34.8 Å². The lowest BCUT2D eigenvalue weighted by Gasteiger charge is -2.25. The molecule has 0 N–H and O–H groups in total. The van der Waals surface area contributed by atoms with Gasteiger partial charge in [0, 0.05) is 6.20 Å². The molecule has 0 unspecified atom stereocenters. The average Bonchev–Trinajstić information content (AvgIpc) is 2.53. The van der Waals surface area contributed by atoms with E-state index in [1.165, 1.54) is 24.4 Å². The Bertz CT molecular complexity index is 745. The number of hydrogen-bond acceptors (Lipinski definition) is 2. The molecule has 0 radical (unpaired) electrons. The summed E-state index contributed by atoms with van der Waals surface area (Å²) in [5.41, 5.74) is -1.20. The molecule has 0 aliphatic rings. The largest absolute Gasteiger partial charge is 0.284 e. The second kappa shape index (κ2) is 6.08. The second-order valence-corrected chi connectivity index (χ2v) is 4.66. The maximum Gasteiger partial charge on any atom is 0.150 e. The Morgan fingerprint density at radius 2 is 1.09 bits per heavy atom. The summed E-state index contributed by atoms with van der Waals surface area (Å²) in [6.45, 7) is 0. The standard InChI is InChI=1S/C17H10F4N2/c18-11-5-3-6-12(19)16(11)23(15-9-1-2-10-22-15)17-13(20)7-4-8-14(17)21/h1-10H. The molecule has 0 saturated heterocycles. The van der Waals surface area contributed by atoms with Gasteiger partial charge < -0.3 is 0 Å². The van der Waals surface area contributed by atoms with Crippen molar-refractivity contribution in [1.82, 2.24) is 4.98 Å². The van der Waals surface area contributed by atoms with Crippen molar-refractivity contribution >= 4 is 17.2 Å². The van der Waals surface area contributed by atoms with Crippen molar-refractivity contribution in [3.63, 3.8) is 0 Å². The van der Waals surface area contributed by atoms with Crippen molar-refractivity contribution < 1.29 is 17.6 Å². The van der Waals surface area contributed by atoms with E-state index in [0.717, 1.165) is 29.2 Å². The Balaban J connectivity index is 2.33. The van der Waals surface area contributed by atoms with E-state index in [4.69, 9.17) is 0 Å². The van der Waals surface area contributed by atoms with Crippen LogP contribution in [0.1, 0.15) is 0 Å². The number of nitrogens with zero attached hydrogens (tertiary/aromatic N) is 2. The number of rotatable bonds is 3. The molecular formula is C17H10F4N2. The predicted octanol–water partition coefficient (Wildman–Crippen LogP) is 5.11. The van der Waals surface area contributed by atoms with Gasteiger partial charge in [0.05, 0.1) is 0 Å². The second-order valence-electron chi connectivity index (χ2n) is 4.66. The highest BCUT2D eigenvalue weighted by Crippen LogP contribution is 2.39. The lowest BCUT2D eigenvalue weighted by Crippen LogP contribution is -2.17. The third kappa shape index (κ3) is 2.75. The minimum atomic E-state index is -0.960. The fourth-order valence-electron chi connectivity index (χ4n) is 2.23.